The highest BCUT2D eigenvalue weighted by atomic mass is 35.5. The summed E-state index contributed by atoms with van der Waals surface area (Å²) >= 11 is 5.87. The van der Waals surface area contributed by atoms with E-state index in [1.165, 1.54) is 0 Å². The fourth-order valence-electron chi connectivity index (χ4n) is 1.23. The fourth-order valence-corrected chi connectivity index (χ4v) is 1.41. The van der Waals surface area contributed by atoms with Gasteiger partial charge < -0.3 is 5.73 Å². The SMILES string of the molecule is NCc1cnn(-c2cccc(Cl)c2)c1. The lowest BCUT2D eigenvalue weighted by Gasteiger charge is -2.00. The second-order valence-corrected chi connectivity index (χ2v) is 3.41. The normalized spacial score (nSPS) is 10.4. The first-order valence-electron chi connectivity index (χ1n) is 4.29. The number of aromatic nitrogens is 2. The Kier molecular flexibility index (Phi) is 2.52. The predicted octanol–water partition coefficient (Wildman–Crippen LogP) is 1.98. The molecule has 2 N–H and O–H groups in total. The standard InChI is InChI=1S/C10H10ClN3/c11-9-2-1-3-10(4-9)14-7-8(5-12)6-13-14/h1-4,6-7H,5,12H2. The molecule has 0 spiro atoms. The molecule has 0 atom stereocenters. The van der Waals surface area contributed by atoms with E-state index in [9.17, 15) is 0 Å². The van der Waals surface area contributed by atoms with Crippen LogP contribution in [0.1, 0.15) is 5.56 Å². The van der Waals surface area contributed by atoms with Crippen molar-refractivity contribution in [2.24, 2.45) is 5.73 Å². The highest BCUT2D eigenvalue weighted by Gasteiger charge is 1.99. The second kappa shape index (κ2) is 3.82. The molecule has 4 heteroatoms. The Morgan fingerprint density at radius 2 is 2.29 bits per heavy atom. The van der Waals surface area contributed by atoms with Crippen LogP contribution >= 0.6 is 11.6 Å². The first-order chi connectivity index (χ1) is 6.79. The zero-order chi connectivity index (χ0) is 9.97. The highest BCUT2D eigenvalue weighted by molar-refractivity contribution is 6.30. The molecule has 1 heterocycles. The summed E-state index contributed by atoms with van der Waals surface area (Å²) in [4.78, 5) is 0. The van der Waals surface area contributed by atoms with Gasteiger partial charge in [-0.25, -0.2) is 4.68 Å². The fraction of sp³-hybridized carbons (Fsp3) is 0.100. The summed E-state index contributed by atoms with van der Waals surface area (Å²) in [5.41, 5.74) is 7.44. The smallest absolute Gasteiger partial charge is 0.0660 e. The molecule has 0 radical (unpaired) electrons. The van der Waals surface area contributed by atoms with Crippen molar-refractivity contribution in [3.05, 3.63) is 47.2 Å². The van der Waals surface area contributed by atoms with Crippen LogP contribution in [0.25, 0.3) is 5.69 Å². The summed E-state index contributed by atoms with van der Waals surface area (Å²) in [7, 11) is 0. The van der Waals surface area contributed by atoms with Crippen molar-refractivity contribution in [3.8, 4) is 5.69 Å². The van der Waals surface area contributed by atoms with Crippen LogP contribution in [0, 0.1) is 0 Å². The number of hydrogen-bond acceptors (Lipinski definition) is 2. The number of nitrogens with zero attached hydrogens (tertiary/aromatic N) is 2. The van der Waals surface area contributed by atoms with Crippen LogP contribution in [0.5, 0.6) is 0 Å². The van der Waals surface area contributed by atoms with Gasteiger partial charge >= 0.3 is 0 Å². The maximum absolute atomic E-state index is 5.87. The zero-order valence-electron chi connectivity index (χ0n) is 7.52. The zero-order valence-corrected chi connectivity index (χ0v) is 8.28. The lowest BCUT2D eigenvalue weighted by atomic mass is 10.3. The van der Waals surface area contributed by atoms with Crippen LogP contribution in [-0.4, -0.2) is 9.78 Å². The Balaban J connectivity index is 2.39. The quantitative estimate of drug-likeness (QED) is 0.819. The van der Waals surface area contributed by atoms with Crippen molar-refractivity contribution in [3.63, 3.8) is 0 Å². The lowest BCUT2D eigenvalue weighted by Crippen LogP contribution is -1.95. The van der Waals surface area contributed by atoms with Gasteiger partial charge in [0, 0.05) is 23.3 Å². The number of rotatable bonds is 2. The molecule has 0 saturated heterocycles. The van der Waals surface area contributed by atoms with Gasteiger partial charge in [-0.1, -0.05) is 17.7 Å². The Bertz CT molecular complexity index is 436. The van der Waals surface area contributed by atoms with Gasteiger partial charge in [0.25, 0.3) is 0 Å². The van der Waals surface area contributed by atoms with Gasteiger partial charge in [0.2, 0.25) is 0 Å². The van der Waals surface area contributed by atoms with E-state index < -0.39 is 0 Å². The van der Waals surface area contributed by atoms with Crippen molar-refractivity contribution >= 4 is 11.6 Å². The summed E-state index contributed by atoms with van der Waals surface area (Å²) in [5, 5.41) is 4.88. The van der Waals surface area contributed by atoms with Crippen LogP contribution in [-0.2, 0) is 6.54 Å². The van der Waals surface area contributed by atoms with Gasteiger partial charge in [0.1, 0.15) is 0 Å². The summed E-state index contributed by atoms with van der Waals surface area (Å²) < 4.78 is 1.76. The van der Waals surface area contributed by atoms with Crippen LogP contribution < -0.4 is 5.73 Å². The van der Waals surface area contributed by atoms with Gasteiger partial charge in [-0.05, 0) is 18.2 Å². The van der Waals surface area contributed by atoms with Crippen molar-refractivity contribution in [1.29, 1.82) is 0 Å². The minimum Gasteiger partial charge on any atom is -0.326 e. The molecular weight excluding hydrogens is 198 g/mol. The van der Waals surface area contributed by atoms with Crippen molar-refractivity contribution in [2.75, 3.05) is 0 Å². The Labute approximate surface area is 87.1 Å². The van der Waals surface area contributed by atoms with Gasteiger partial charge in [0.05, 0.1) is 11.9 Å². The second-order valence-electron chi connectivity index (χ2n) is 2.98. The lowest BCUT2D eigenvalue weighted by molar-refractivity contribution is 0.879. The Morgan fingerprint density at radius 1 is 1.43 bits per heavy atom. The Hall–Kier alpha value is -1.32. The maximum atomic E-state index is 5.87. The monoisotopic (exact) mass is 207 g/mol. The van der Waals surface area contributed by atoms with E-state index in [4.69, 9.17) is 17.3 Å². The van der Waals surface area contributed by atoms with Gasteiger partial charge in [-0.2, -0.15) is 5.10 Å². The summed E-state index contributed by atoms with van der Waals surface area (Å²) in [6.45, 7) is 0.501. The van der Waals surface area contributed by atoms with Crippen LogP contribution in [0.15, 0.2) is 36.7 Å². The third-order valence-corrected chi connectivity index (χ3v) is 2.18. The molecule has 1 aromatic carbocycles. The third-order valence-electron chi connectivity index (χ3n) is 1.94. The topological polar surface area (TPSA) is 43.8 Å². The van der Waals surface area contributed by atoms with E-state index in [1.54, 1.807) is 10.9 Å². The van der Waals surface area contributed by atoms with E-state index in [0.717, 1.165) is 11.3 Å². The first kappa shape index (κ1) is 9.24. The van der Waals surface area contributed by atoms with Crippen LogP contribution in [0.4, 0.5) is 0 Å². The van der Waals surface area contributed by atoms with Crippen molar-refractivity contribution in [1.82, 2.24) is 9.78 Å². The van der Waals surface area contributed by atoms with Crippen LogP contribution in [0.3, 0.4) is 0 Å². The van der Waals surface area contributed by atoms with Gasteiger partial charge in [-0.3, -0.25) is 0 Å². The molecule has 0 aliphatic heterocycles. The molecule has 1 aromatic heterocycles. The molecule has 0 amide bonds. The first-order valence-corrected chi connectivity index (χ1v) is 4.67. The number of halogens is 1. The molecular formula is C10H10ClN3. The predicted molar refractivity (Wildman–Crippen MR) is 56.5 cm³/mol. The van der Waals surface area contributed by atoms with E-state index in [0.29, 0.717) is 11.6 Å². The maximum Gasteiger partial charge on any atom is 0.0660 e. The molecule has 14 heavy (non-hydrogen) atoms. The molecule has 72 valence electrons. The highest BCUT2D eigenvalue weighted by Crippen LogP contribution is 2.14. The molecule has 0 saturated carbocycles. The van der Waals surface area contributed by atoms with Gasteiger partial charge in [0.15, 0.2) is 0 Å². The number of hydrogen-bond donors (Lipinski definition) is 1. The summed E-state index contributed by atoms with van der Waals surface area (Å²) in [5.74, 6) is 0. The molecule has 3 nitrogen and oxygen atoms in total. The summed E-state index contributed by atoms with van der Waals surface area (Å²) in [6, 6.07) is 7.52. The molecule has 0 unspecified atom stereocenters. The third kappa shape index (κ3) is 1.78. The number of nitrogens with two attached hydrogens (primary N) is 1. The van der Waals surface area contributed by atoms with E-state index in [-0.39, 0.29) is 0 Å². The van der Waals surface area contributed by atoms with Crippen molar-refractivity contribution < 1.29 is 0 Å². The molecule has 0 fully saturated rings. The van der Waals surface area contributed by atoms with E-state index in [1.807, 2.05) is 30.5 Å². The molecule has 2 aromatic rings. The van der Waals surface area contributed by atoms with Gasteiger partial charge in [-0.15, -0.1) is 0 Å². The molecule has 0 bridgehead atoms. The number of benzene rings is 1. The Morgan fingerprint density at radius 3 is 2.93 bits per heavy atom. The average molecular weight is 208 g/mol. The summed E-state index contributed by atoms with van der Waals surface area (Å²) in [6.07, 6.45) is 3.65. The molecule has 2 rings (SSSR count). The molecule has 0 aliphatic carbocycles. The molecule has 0 aliphatic rings. The van der Waals surface area contributed by atoms with Crippen molar-refractivity contribution in [2.45, 2.75) is 6.54 Å². The van der Waals surface area contributed by atoms with E-state index in [2.05, 4.69) is 5.10 Å². The van der Waals surface area contributed by atoms with Crippen LogP contribution in [0.2, 0.25) is 5.02 Å². The largest absolute Gasteiger partial charge is 0.326 e. The minimum absolute atomic E-state index is 0.501. The minimum atomic E-state index is 0.501. The average Bonchev–Trinajstić information content (AvgIpc) is 2.66. The van der Waals surface area contributed by atoms with E-state index >= 15 is 0 Å².